The molecule has 0 bridgehead atoms. The van der Waals surface area contributed by atoms with Crippen molar-refractivity contribution < 1.29 is 14.3 Å². The van der Waals surface area contributed by atoms with Gasteiger partial charge in [0, 0.05) is 23.9 Å². The van der Waals surface area contributed by atoms with Crippen LogP contribution in [0.25, 0.3) is 10.4 Å². The zero-order valence-corrected chi connectivity index (χ0v) is 17.2. The molecule has 0 radical (unpaired) electrons. The Morgan fingerprint density at radius 1 is 1.17 bits per heavy atom. The summed E-state index contributed by atoms with van der Waals surface area (Å²) in [6, 6.07) is 16.9. The van der Waals surface area contributed by atoms with Crippen molar-refractivity contribution in [3.05, 3.63) is 70.6 Å². The number of carbonyl (C=O) groups excluding carboxylic acids is 1. The molecule has 0 fully saturated rings. The van der Waals surface area contributed by atoms with Gasteiger partial charge in [-0.25, -0.2) is 0 Å². The SMILES string of the molecule is CC(=O)N1CCOc2c(cc(-c3cccs3)cc2OC2CCc3ccccc32)C1. The first-order valence-corrected chi connectivity index (χ1v) is 10.9. The molecular weight excluding hydrogens is 382 g/mol. The summed E-state index contributed by atoms with van der Waals surface area (Å²) < 4.78 is 12.7. The van der Waals surface area contributed by atoms with Crippen LogP contribution in [-0.2, 0) is 17.8 Å². The Morgan fingerprint density at radius 2 is 2.07 bits per heavy atom. The van der Waals surface area contributed by atoms with E-state index in [1.165, 1.54) is 16.0 Å². The van der Waals surface area contributed by atoms with E-state index in [2.05, 4.69) is 53.9 Å². The topological polar surface area (TPSA) is 38.8 Å². The van der Waals surface area contributed by atoms with Crippen LogP contribution in [0.2, 0.25) is 0 Å². The van der Waals surface area contributed by atoms with Crippen molar-refractivity contribution in [2.24, 2.45) is 0 Å². The third kappa shape index (κ3) is 3.51. The van der Waals surface area contributed by atoms with Gasteiger partial charge in [0.2, 0.25) is 5.91 Å². The number of carbonyl (C=O) groups is 1. The first kappa shape index (κ1) is 18.3. The van der Waals surface area contributed by atoms with Crippen molar-refractivity contribution in [2.75, 3.05) is 13.2 Å². The van der Waals surface area contributed by atoms with Crippen LogP contribution in [0.1, 0.15) is 36.1 Å². The van der Waals surface area contributed by atoms with Crippen LogP contribution < -0.4 is 9.47 Å². The lowest BCUT2D eigenvalue weighted by atomic mass is 10.1. The fourth-order valence-electron chi connectivity index (χ4n) is 4.22. The molecule has 3 aromatic rings. The van der Waals surface area contributed by atoms with Crippen LogP contribution in [0.3, 0.4) is 0 Å². The zero-order valence-electron chi connectivity index (χ0n) is 16.4. The second kappa shape index (κ2) is 7.56. The van der Waals surface area contributed by atoms with E-state index >= 15 is 0 Å². The molecule has 1 amide bonds. The van der Waals surface area contributed by atoms with Crippen molar-refractivity contribution in [3.63, 3.8) is 0 Å². The van der Waals surface area contributed by atoms with E-state index in [1.807, 2.05) is 4.90 Å². The number of rotatable bonds is 3. The highest BCUT2D eigenvalue weighted by Crippen LogP contribution is 2.43. The number of benzene rings is 2. The Kier molecular flexibility index (Phi) is 4.76. The van der Waals surface area contributed by atoms with Crippen molar-refractivity contribution >= 4 is 17.2 Å². The quantitative estimate of drug-likeness (QED) is 0.599. The number of ether oxygens (including phenoxy) is 2. The van der Waals surface area contributed by atoms with Crippen molar-refractivity contribution in [2.45, 2.75) is 32.4 Å². The molecule has 0 N–H and O–H groups in total. The van der Waals surface area contributed by atoms with E-state index < -0.39 is 0 Å². The van der Waals surface area contributed by atoms with Crippen molar-refractivity contribution in [1.82, 2.24) is 4.90 Å². The molecule has 4 nitrogen and oxygen atoms in total. The van der Waals surface area contributed by atoms with Gasteiger partial charge < -0.3 is 14.4 Å². The number of aryl methyl sites for hydroxylation is 1. The van der Waals surface area contributed by atoms with Gasteiger partial charge in [-0.3, -0.25) is 4.79 Å². The summed E-state index contributed by atoms with van der Waals surface area (Å²) in [6.45, 7) is 3.22. The molecular formula is C24H23NO3S. The second-order valence-electron chi connectivity index (χ2n) is 7.57. The second-order valence-corrected chi connectivity index (χ2v) is 8.52. The Balaban J connectivity index is 1.56. The summed E-state index contributed by atoms with van der Waals surface area (Å²) in [5.41, 5.74) is 4.74. The molecule has 0 spiro atoms. The maximum atomic E-state index is 12.0. The Bertz CT molecular complexity index is 1040. The van der Waals surface area contributed by atoms with Gasteiger partial charge in [-0.15, -0.1) is 11.3 Å². The highest BCUT2D eigenvalue weighted by Gasteiger charge is 2.27. The fraction of sp³-hybridized carbons (Fsp3) is 0.292. The molecule has 148 valence electrons. The van der Waals surface area contributed by atoms with Gasteiger partial charge in [0.25, 0.3) is 0 Å². The van der Waals surface area contributed by atoms with Gasteiger partial charge >= 0.3 is 0 Å². The maximum absolute atomic E-state index is 12.0. The maximum Gasteiger partial charge on any atom is 0.219 e. The number of thiophene rings is 1. The number of amides is 1. The molecule has 29 heavy (non-hydrogen) atoms. The summed E-state index contributed by atoms with van der Waals surface area (Å²) in [5.74, 6) is 1.62. The van der Waals surface area contributed by atoms with E-state index in [1.54, 1.807) is 18.3 Å². The van der Waals surface area contributed by atoms with E-state index in [9.17, 15) is 4.79 Å². The van der Waals surface area contributed by atoms with E-state index in [4.69, 9.17) is 9.47 Å². The number of hydrogen-bond donors (Lipinski definition) is 0. The molecule has 5 rings (SSSR count). The Morgan fingerprint density at radius 3 is 2.90 bits per heavy atom. The third-order valence-corrected chi connectivity index (χ3v) is 6.62. The Hall–Kier alpha value is -2.79. The standard InChI is InChI=1S/C24H23NO3S/c1-16(26)25-10-11-27-24-19(15-25)13-18(23-7-4-12-29-23)14-22(24)28-21-9-8-17-5-2-3-6-20(17)21/h2-7,12-14,21H,8-11,15H2,1H3. The highest BCUT2D eigenvalue weighted by atomic mass is 32.1. The lowest BCUT2D eigenvalue weighted by Gasteiger charge is -2.21. The van der Waals surface area contributed by atoms with Gasteiger partial charge in [0.1, 0.15) is 12.7 Å². The van der Waals surface area contributed by atoms with E-state index in [0.717, 1.165) is 35.5 Å². The number of hydrogen-bond acceptors (Lipinski definition) is 4. The highest BCUT2D eigenvalue weighted by molar-refractivity contribution is 7.13. The van der Waals surface area contributed by atoms with Crippen LogP contribution >= 0.6 is 11.3 Å². The minimum absolute atomic E-state index is 0.0321. The Labute approximate surface area is 174 Å². The zero-order chi connectivity index (χ0) is 19.8. The predicted molar refractivity (Wildman–Crippen MR) is 114 cm³/mol. The third-order valence-electron chi connectivity index (χ3n) is 5.70. The minimum Gasteiger partial charge on any atom is -0.487 e. The normalized spacial score (nSPS) is 17.8. The average Bonchev–Trinajstić information content (AvgIpc) is 3.34. The van der Waals surface area contributed by atoms with Crippen LogP contribution in [0.4, 0.5) is 0 Å². The monoisotopic (exact) mass is 405 g/mol. The van der Waals surface area contributed by atoms with Crippen LogP contribution in [0, 0.1) is 0 Å². The first-order valence-electron chi connectivity index (χ1n) is 10.0. The lowest BCUT2D eigenvalue weighted by molar-refractivity contribution is -0.129. The van der Waals surface area contributed by atoms with Gasteiger partial charge in [-0.2, -0.15) is 0 Å². The van der Waals surface area contributed by atoms with Gasteiger partial charge in [0.15, 0.2) is 11.5 Å². The number of fused-ring (bicyclic) bond motifs is 2. The van der Waals surface area contributed by atoms with Gasteiger partial charge in [-0.05, 0) is 53.1 Å². The van der Waals surface area contributed by atoms with Crippen molar-refractivity contribution in [1.29, 1.82) is 0 Å². The lowest BCUT2D eigenvalue weighted by Crippen LogP contribution is -2.30. The molecule has 1 unspecified atom stereocenters. The summed E-state index contributed by atoms with van der Waals surface area (Å²) >= 11 is 1.70. The predicted octanol–water partition coefficient (Wildman–Crippen LogP) is 5.22. The first-order chi connectivity index (χ1) is 14.2. The van der Waals surface area contributed by atoms with Crippen LogP contribution in [-0.4, -0.2) is 24.0 Å². The molecule has 1 aromatic heterocycles. The average molecular weight is 406 g/mol. The van der Waals surface area contributed by atoms with Crippen LogP contribution in [0.5, 0.6) is 11.5 Å². The minimum atomic E-state index is 0.0321. The molecule has 2 aromatic carbocycles. The molecule has 5 heteroatoms. The number of nitrogens with zero attached hydrogens (tertiary/aromatic N) is 1. The smallest absolute Gasteiger partial charge is 0.219 e. The van der Waals surface area contributed by atoms with E-state index in [-0.39, 0.29) is 12.0 Å². The van der Waals surface area contributed by atoms with Gasteiger partial charge in [-0.1, -0.05) is 30.3 Å². The molecule has 1 aliphatic carbocycles. The molecule has 0 saturated heterocycles. The summed E-state index contributed by atoms with van der Waals surface area (Å²) in [4.78, 5) is 15.0. The summed E-state index contributed by atoms with van der Waals surface area (Å²) in [5, 5.41) is 2.08. The fourth-order valence-corrected chi connectivity index (χ4v) is 4.93. The molecule has 0 saturated carbocycles. The molecule has 2 aliphatic rings. The van der Waals surface area contributed by atoms with E-state index in [0.29, 0.717) is 19.7 Å². The van der Waals surface area contributed by atoms with Crippen molar-refractivity contribution in [3.8, 4) is 21.9 Å². The largest absolute Gasteiger partial charge is 0.487 e. The van der Waals surface area contributed by atoms with Gasteiger partial charge in [0.05, 0.1) is 6.54 Å². The summed E-state index contributed by atoms with van der Waals surface area (Å²) in [7, 11) is 0. The summed E-state index contributed by atoms with van der Waals surface area (Å²) in [6.07, 6.45) is 2.04. The molecule has 1 atom stereocenters. The molecule has 2 heterocycles. The van der Waals surface area contributed by atoms with Crippen LogP contribution in [0.15, 0.2) is 53.9 Å². The molecule has 1 aliphatic heterocycles.